The monoisotopic (exact) mass is 306 g/mol. The number of urea groups is 1. The molecule has 0 aliphatic carbocycles. The van der Waals surface area contributed by atoms with Gasteiger partial charge in [0, 0.05) is 0 Å². The van der Waals surface area contributed by atoms with Crippen LogP contribution in [0.5, 0.6) is 0 Å². The van der Waals surface area contributed by atoms with E-state index in [1.165, 1.54) is 6.26 Å². The van der Waals surface area contributed by atoms with Gasteiger partial charge in [-0.3, -0.25) is 14.5 Å². The Hall–Kier alpha value is -2.35. The second-order valence-electron chi connectivity index (χ2n) is 5.51. The lowest BCUT2D eigenvalue weighted by atomic mass is 9.88. The number of amides is 4. The number of imide groups is 1. The number of nitrogens with one attached hydrogen (secondary N) is 3. The number of carbonyl (C=O) groups excluding carboxylic acids is 3. The van der Waals surface area contributed by atoms with Gasteiger partial charge >= 0.3 is 6.03 Å². The normalized spacial score (nSPS) is 20.3. The molecule has 0 unspecified atom stereocenters. The van der Waals surface area contributed by atoms with Crippen LogP contribution in [-0.2, 0) is 16.1 Å². The third-order valence-corrected chi connectivity index (χ3v) is 4.04. The van der Waals surface area contributed by atoms with Gasteiger partial charge in [0.1, 0.15) is 17.8 Å². The van der Waals surface area contributed by atoms with Gasteiger partial charge in [-0.25, -0.2) is 4.79 Å². The standard InChI is InChI=1S/C14H18N4O4/c19-11(16-8-10-2-1-7-22-10)9-18-12(20)14(17-13(18)21)3-5-15-6-4-14/h1-2,7,15H,3-6,8-9H2,(H,16,19)(H,17,21). The van der Waals surface area contributed by atoms with E-state index in [0.29, 0.717) is 31.7 Å². The molecule has 8 nitrogen and oxygen atoms in total. The van der Waals surface area contributed by atoms with Gasteiger partial charge in [0.25, 0.3) is 5.91 Å². The van der Waals surface area contributed by atoms with E-state index in [4.69, 9.17) is 4.42 Å². The van der Waals surface area contributed by atoms with Gasteiger partial charge in [0.2, 0.25) is 5.91 Å². The molecule has 3 N–H and O–H groups in total. The molecule has 0 radical (unpaired) electrons. The van der Waals surface area contributed by atoms with Gasteiger partial charge in [0.05, 0.1) is 12.8 Å². The van der Waals surface area contributed by atoms with Crippen molar-refractivity contribution in [3.05, 3.63) is 24.2 Å². The predicted octanol–water partition coefficient (Wildman–Crippen LogP) is -0.430. The second kappa shape index (κ2) is 5.80. The second-order valence-corrected chi connectivity index (χ2v) is 5.51. The number of hydrogen-bond donors (Lipinski definition) is 3. The van der Waals surface area contributed by atoms with Crippen molar-refractivity contribution >= 4 is 17.8 Å². The first-order chi connectivity index (χ1) is 10.6. The van der Waals surface area contributed by atoms with Crippen molar-refractivity contribution in [1.82, 2.24) is 20.9 Å². The molecule has 1 spiro atoms. The summed E-state index contributed by atoms with van der Waals surface area (Å²) in [5.41, 5.74) is -0.844. The Morgan fingerprint density at radius 1 is 1.36 bits per heavy atom. The summed E-state index contributed by atoms with van der Waals surface area (Å²) >= 11 is 0. The fourth-order valence-corrected chi connectivity index (χ4v) is 2.81. The molecule has 118 valence electrons. The zero-order chi connectivity index (χ0) is 15.6. The topological polar surface area (TPSA) is 104 Å². The molecule has 2 aliphatic rings. The lowest BCUT2D eigenvalue weighted by molar-refractivity contribution is -0.135. The number of rotatable bonds is 4. The molecule has 3 rings (SSSR count). The summed E-state index contributed by atoms with van der Waals surface area (Å²) in [5.74, 6) is -0.0987. The molecule has 0 aromatic carbocycles. The molecule has 1 aromatic heterocycles. The van der Waals surface area contributed by atoms with Gasteiger partial charge in [-0.15, -0.1) is 0 Å². The van der Waals surface area contributed by atoms with Crippen molar-refractivity contribution in [1.29, 1.82) is 0 Å². The average Bonchev–Trinajstić information content (AvgIpc) is 3.10. The minimum absolute atomic E-state index is 0.227. The van der Waals surface area contributed by atoms with Crippen molar-refractivity contribution in [3.8, 4) is 0 Å². The highest BCUT2D eigenvalue weighted by atomic mass is 16.3. The Morgan fingerprint density at radius 2 is 2.14 bits per heavy atom. The molecular formula is C14H18N4O4. The summed E-state index contributed by atoms with van der Waals surface area (Å²) in [5, 5.41) is 8.52. The first-order valence-electron chi connectivity index (χ1n) is 7.25. The highest BCUT2D eigenvalue weighted by molar-refractivity contribution is 6.09. The summed E-state index contributed by atoms with van der Waals surface area (Å²) in [6, 6.07) is 2.96. The van der Waals surface area contributed by atoms with Crippen molar-refractivity contribution in [2.75, 3.05) is 19.6 Å². The molecule has 0 atom stereocenters. The van der Waals surface area contributed by atoms with E-state index in [9.17, 15) is 14.4 Å². The summed E-state index contributed by atoms with van der Waals surface area (Å²) in [6.45, 7) is 1.29. The van der Waals surface area contributed by atoms with E-state index in [2.05, 4.69) is 16.0 Å². The summed E-state index contributed by atoms with van der Waals surface area (Å²) in [7, 11) is 0. The number of furan rings is 1. The van der Waals surface area contributed by atoms with Crippen LogP contribution in [0, 0.1) is 0 Å². The van der Waals surface area contributed by atoms with Gasteiger partial charge in [0.15, 0.2) is 0 Å². The van der Waals surface area contributed by atoms with E-state index < -0.39 is 17.5 Å². The minimum Gasteiger partial charge on any atom is -0.467 e. The van der Waals surface area contributed by atoms with Crippen molar-refractivity contribution in [3.63, 3.8) is 0 Å². The van der Waals surface area contributed by atoms with E-state index in [-0.39, 0.29) is 19.0 Å². The van der Waals surface area contributed by atoms with Gasteiger partial charge in [-0.2, -0.15) is 0 Å². The largest absolute Gasteiger partial charge is 0.467 e. The van der Waals surface area contributed by atoms with E-state index in [0.717, 1.165) is 4.90 Å². The third-order valence-electron chi connectivity index (χ3n) is 4.04. The van der Waals surface area contributed by atoms with Crippen LogP contribution < -0.4 is 16.0 Å². The smallest absolute Gasteiger partial charge is 0.325 e. The number of hydrogen-bond acceptors (Lipinski definition) is 5. The van der Waals surface area contributed by atoms with Crippen LogP contribution in [0.15, 0.2) is 22.8 Å². The van der Waals surface area contributed by atoms with Crippen LogP contribution in [0.1, 0.15) is 18.6 Å². The molecule has 22 heavy (non-hydrogen) atoms. The highest BCUT2D eigenvalue weighted by Crippen LogP contribution is 2.26. The maximum Gasteiger partial charge on any atom is 0.325 e. The fourth-order valence-electron chi connectivity index (χ4n) is 2.81. The zero-order valence-corrected chi connectivity index (χ0v) is 12.1. The van der Waals surface area contributed by atoms with Crippen LogP contribution in [0.25, 0.3) is 0 Å². The lowest BCUT2D eigenvalue weighted by Crippen LogP contribution is -2.54. The Kier molecular flexibility index (Phi) is 3.84. The van der Waals surface area contributed by atoms with Gasteiger partial charge in [-0.05, 0) is 38.1 Å². The predicted molar refractivity (Wildman–Crippen MR) is 75.6 cm³/mol. The molecule has 8 heteroatoms. The molecule has 0 bridgehead atoms. The SMILES string of the molecule is O=C(CN1C(=O)NC2(CCNCC2)C1=O)NCc1ccco1. The molecule has 0 saturated carbocycles. The number of carbonyl (C=O) groups is 3. The quantitative estimate of drug-likeness (QED) is 0.655. The molecule has 2 fully saturated rings. The molecule has 3 heterocycles. The number of nitrogens with zero attached hydrogens (tertiary/aromatic N) is 1. The van der Waals surface area contributed by atoms with Crippen molar-refractivity contribution < 1.29 is 18.8 Å². The summed E-state index contributed by atoms with van der Waals surface area (Å²) < 4.78 is 5.10. The zero-order valence-electron chi connectivity index (χ0n) is 12.1. The van der Waals surface area contributed by atoms with Gasteiger partial charge < -0.3 is 20.4 Å². The Balaban J connectivity index is 1.58. The van der Waals surface area contributed by atoms with Crippen LogP contribution in [0.2, 0.25) is 0 Å². The summed E-state index contributed by atoms with van der Waals surface area (Å²) in [6.07, 6.45) is 2.60. The number of piperidine rings is 1. The minimum atomic E-state index is -0.844. The maximum absolute atomic E-state index is 12.5. The first-order valence-corrected chi connectivity index (χ1v) is 7.25. The fraction of sp³-hybridized carbons (Fsp3) is 0.500. The highest BCUT2D eigenvalue weighted by Gasteiger charge is 2.51. The average molecular weight is 306 g/mol. The molecular weight excluding hydrogens is 288 g/mol. The van der Waals surface area contributed by atoms with E-state index in [1.807, 2.05) is 0 Å². The Bertz CT molecular complexity index is 578. The Morgan fingerprint density at radius 3 is 2.82 bits per heavy atom. The van der Waals surface area contributed by atoms with Crippen LogP contribution >= 0.6 is 0 Å². The Labute approximate surface area is 127 Å². The molecule has 2 saturated heterocycles. The first kappa shape index (κ1) is 14.6. The lowest BCUT2D eigenvalue weighted by Gasteiger charge is -2.30. The third kappa shape index (κ3) is 2.69. The molecule has 4 amide bonds. The maximum atomic E-state index is 12.5. The van der Waals surface area contributed by atoms with E-state index in [1.54, 1.807) is 12.1 Å². The van der Waals surface area contributed by atoms with Crippen LogP contribution in [-0.4, -0.2) is 47.9 Å². The van der Waals surface area contributed by atoms with Crippen molar-refractivity contribution in [2.45, 2.75) is 24.9 Å². The van der Waals surface area contributed by atoms with Crippen LogP contribution in [0.3, 0.4) is 0 Å². The molecule has 1 aromatic rings. The van der Waals surface area contributed by atoms with Gasteiger partial charge in [-0.1, -0.05) is 0 Å². The van der Waals surface area contributed by atoms with Crippen LogP contribution in [0.4, 0.5) is 4.79 Å². The van der Waals surface area contributed by atoms with E-state index >= 15 is 0 Å². The summed E-state index contributed by atoms with van der Waals surface area (Å²) in [4.78, 5) is 37.4. The van der Waals surface area contributed by atoms with Crippen molar-refractivity contribution in [2.24, 2.45) is 0 Å². The molecule has 2 aliphatic heterocycles.